The average molecular weight is 369 g/mol. The van der Waals surface area contributed by atoms with Gasteiger partial charge in [-0.15, -0.1) is 0 Å². The molecule has 0 radical (unpaired) electrons. The molecule has 2 aromatic heterocycles. The van der Waals surface area contributed by atoms with Gasteiger partial charge in [-0.25, -0.2) is 4.98 Å². The molecule has 138 valence electrons. The molecule has 0 saturated carbocycles. The van der Waals surface area contributed by atoms with E-state index in [1.807, 2.05) is 24.3 Å². The third-order valence-electron chi connectivity index (χ3n) is 5.05. The van der Waals surface area contributed by atoms with Gasteiger partial charge in [0.15, 0.2) is 0 Å². The van der Waals surface area contributed by atoms with Crippen molar-refractivity contribution < 1.29 is 4.79 Å². The summed E-state index contributed by atoms with van der Waals surface area (Å²) in [6.45, 7) is 2.53. The first kappa shape index (κ1) is 16.5. The van der Waals surface area contributed by atoms with Gasteiger partial charge < -0.3 is 14.8 Å². The topological polar surface area (TPSA) is 63.1 Å². The van der Waals surface area contributed by atoms with E-state index in [0.717, 1.165) is 42.4 Å². The first-order valence-electron chi connectivity index (χ1n) is 9.28. The van der Waals surface area contributed by atoms with Crippen molar-refractivity contribution in [3.8, 4) is 0 Å². The number of imidazole rings is 1. The van der Waals surface area contributed by atoms with Crippen LogP contribution in [-0.4, -0.2) is 27.0 Å². The van der Waals surface area contributed by atoms with Crippen molar-refractivity contribution in [2.75, 3.05) is 16.8 Å². The second kappa shape index (κ2) is 6.81. The van der Waals surface area contributed by atoms with Gasteiger partial charge in [0.2, 0.25) is 0 Å². The number of anilines is 2. The van der Waals surface area contributed by atoms with Crippen molar-refractivity contribution in [3.05, 3.63) is 84.4 Å². The van der Waals surface area contributed by atoms with Crippen LogP contribution in [0.15, 0.2) is 73.1 Å². The summed E-state index contributed by atoms with van der Waals surface area (Å²) in [5.74, 6) is 0.905. The zero-order valence-electron chi connectivity index (χ0n) is 15.2. The molecule has 5 rings (SSSR count). The van der Waals surface area contributed by atoms with Crippen LogP contribution in [0.1, 0.15) is 16.2 Å². The van der Waals surface area contributed by atoms with Crippen molar-refractivity contribution in [2.24, 2.45) is 0 Å². The van der Waals surface area contributed by atoms with Gasteiger partial charge in [-0.05, 0) is 42.5 Å². The van der Waals surface area contributed by atoms with Crippen molar-refractivity contribution in [1.29, 1.82) is 0 Å². The molecule has 1 aliphatic heterocycles. The highest BCUT2D eigenvalue weighted by molar-refractivity contribution is 6.04. The molecule has 0 unspecified atom stereocenters. The van der Waals surface area contributed by atoms with E-state index < -0.39 is 0 Å². The van der Waals surface area contributed by atoms with Crippen molar-refractivity contribution >= 4 is 28.3 Å². The molecule has 6 heteroatoms. The number of hydrogen-bond acceptors (Lipinski definition) is 4. The molecule has 0 atom stereocenters. The normalized spacial score (nSPS) is 13.4. The number of nitrogens with zero attached hydrogens (tertiary/aromatic N) is 4. The predicted molar refractivity (Wildman–Crippen MR) is 109 cm³/mol. The fourth-order valence-electron chi connectivity index (χ4n) is 3.67. The zero-order valence-corrected chi connectivity index (χ0v) is 15.2. The molecule has 0 fully saturated rings. The van der Waals surface area contributed by atoms with E-state index in [1.165, 1.54) is 5.52 Å². The van der Waals surface area contributed by atoms with E-state index in [-0.39, 0.29) is 5.91 Å². The molecule has 2 aromatic carbocycles. The smallest absolute Gasteiger partial charge is 0.257 e. The van der Waals surface area contributed by atoms with Crippen molar-refractivity contribution in [1.82, 2.24) is 14.5 Å². The Labute approximate surface area is 162 Å². The number of para-hydroxylation sites is 2. The number of nitrogens with one attached hydrogen (secondary N) is 1. The Morgan fingerprint density at radius 1 is 1.00 bits per heavy atom. The third-order valence-corrected chi connectivity index (χ3v) is 5.05. The quantitative estimate of drug-likeness (QED) is 0.598. The van der Waals surface area contributed by atoms with Gasteiger partial charge in [-0.2, -0.15) is 0 Å². The summed E-state index contributed by atoms with van der Waals surface area (Å²) in [5.41, 5.74) is 4.61. The van der Waals surface area contributed by atoms with Crippen LogP contribution in [0.4, 0.5) is 11.4 Å². The lowest BCUT2D eigenvalue weighted by molar-refractivity contribution is 0.102. The van der Waals surface area contributed by atoms with Gasteiger partial charge in [-0.3, -0.25) is 9.78 Å². The number of fused-ring (bicyclic) bond motifs is 3. The summed E-state index contributed by atoms with van der Waals surface area (Å²) in [7, 11) is 0. The monoisotopic (exact) mass is 369 g/mol. The maximum Gasteiger partial charge on any atom is 0.257 e. The van der Waals surface area contributed by atoms with Crippen LogP contribution >= 0.6 is 0 Å². The number of aromatic nitrogens is 3. The molecule has 6 nitrogen and oxygen atoms in total. The lowest BCUT2D eigenvalue weighted by atomic mass is 10.2. The minimum atomic E-state index is -0.161. The molecule has 0 aliphatic carbocycles. The molecule has 28 heavy (non-hydrogen) atoms. The first-order valence-corrected chi connectivity index (χ1v) is 9.28. The number of carbonyl (C=O) groups excluding carboxylic acids is 1. The molecule has 1 aliphatic rings. The summed E-state index contributed by atoms with van der Waals surface area (Å²) in [5, 5.41) is 2.95. The average Bonchev–Trinajstić information content (AvgIpc) is 3.12. The van der Waals surface area contributed by atoms with Gasteiger partial charge >= 0.3 is 0 Å². The van der Waals surface area contributed by atoms with Gasteiger partial charge in [0.1, 0.15) is 5.82 Å². The Bertz CT molecular complexity index is 1150. The van der Waals surface area contributed by atoms with E-state index in [2.05, 4.69) is 44.0 Å². The molecule has 1 amide bonds. The second-order valence-electron chi connectivity index (χ2n) is 6.84. The highest BCUT2D eigenvalue weighted by Crippen LogP contribution is 2.26. The standard InChI is InChI=1S/C22H19N5O/c28-22(16-5-4-10-23-14-16)24-17-6-3-7-18(13-17)26-11-12-27-20-9-2-1-8-19(20)25-21(27)15-26/h1-10,13-14H,11-12,15H2,(H,24,28). The lowest BCUT2D eigenvalue weighted by Gasteiger charge is -2.30. The zero-order chi connectivity index (χ0) is 18.9. The SMILES string of the molecule is O=C(Nc1cccc(N2CCn3c(nc4ccccc43)C2)c1)c1cccnc1. The Balaban J connectivity index is 1.37. The van der Waals surface area contributed by atoms with Crippen molar-refractivity contribution in [2.45, 2.75) is 13.1 Å². The van der Waals surface area contributed by atoms with Crippen LogP contribution in [0.25, 0.3) is 11.0 Å². The Morgan fingerprint density at radius 2 is 1.93 bits per heavy atom. The fourth-order valence-corrected chi connectivity index (χ4v) is 3.67. The van der Waals surface area contributed by atoms with E-state index >= 15 is 0 Å². The molecule has 4 aromatic rings. The van der Waals surface area contributed by atoms with E-state index in [4.69, 9.17) is 4.98 Å². The summed E-state index contributed by atoms with van der Waals surface area (Å²) in [6.07, 6.45) is 3.22. The fraction of sp³-hybridized carbons (Fsp3) is 0.136. The largest absolute Gasteiger partial charge is 0.362 e. The number of carbonyl (C=O) groups is 1. The maximum atomic E-state index is 12.4. The summed E-state index contributed by atoms with van der Waals surface area (Å²) in [4.78, 5) is 23.5. The lowest BCUT2D eigenvalue weighted by Crippen LogP contribution is -2.33. The molecule has 0 saturated heterocycles. The van der Waals surface area contributed by atoms with Gasteiger partial charge in [0.05, 0.1) is 23.1 Å². The molecular formula is C22H19N5O. The van der Waals surface area contributed by atoms with Crippen LogP contribution in [-0.2, 0) is 13.1 Å². The van der Waals surface area contributed by atoms with E-state index in [1.54, 1.807) is 24.5 Å². The number of benzene rings is 2. The van der Waals surface area contributed by atoms with E-state index in [9.17, 15) is 4.79 Å². The molecule has 1 N–H and O–H groups in total. The molecule has 0 bridgehead atoms. The number of amides is 1. The molecule has 0 spiro atoms. The maximum absolute atomic E-state index is 12.4. The van der Waals surface area contributed by atoms with Gasteiger partial charge in [0.25, 0.3) is 5.91 Å². The van der Waals surface area contributed by atoms with Crippen LogP contribution < -0.4 is 10.2 Å². The van der Waals surface area contributed by atoms with Crippen LogP contribution in [0.5, 0.6) is 0 Å². The number of rotatable bonds is 3. The first-order chi connectivity index (χ1) is 13.8. The summed E-state index contributed by atoms with van der Waals surface area (Å²) in [6, 6.07) is 19.7. The third kappa shape index (κ3) is 2.99. The molecular weight excluding hydrogens is 350 g/mol. The highest BCUT2D eigenvalue weighted by atomic mass is 16.1. The number of pyridine rings is 1. The Morgan fingerprint density at radius 3 is 2.82 bits per heavy atom. The predicted octanol–water partition coefficient (Wildman–Crippen LogP) is 3.70. The van der Waals surface area contributed by atoms with Crippen molar-refractivity contribution in [3.63, 3.8) is 0 Å². The van der Waals surface area contributed by atoms with Gasteiger partial charge in [0, 0.05) is 36.9 Å². The summed E-state index contributed by atoms with van der Waals surface area (Å²) < 4.78 is 2.29. The second-order valence-corrected chi connectivity index (χ2v) is 6.84. The number of hydrogen-bond donors (Lipinski definition) is 1. The van der Waals surface area contributed by atoms with Gasteiger partial charge in [-0.1, -0.05) is 18.2 Å². The minimum absolute atomic E-state index is 0.161. The van der Waals surface area contributed by atoms with E-state index in [0.29, 0.717) is 5.56 Å². The highest BCUT2D eigenvalue weighted by Gasteiger charge is 2.20. The minimum Gasteiger partial charge on any atom is -0.362 e. The Kier molecular flexibility index (Phi) is 4.01. The molecule has 3 heterocycles. The summed E-state index contributed by atoms with van der Waals surface area (Å²) >= 11 is 0. The van der Waals surface area contributed by atoms with Crippen LogP contribution in [0.3, 0.4) is 0 Å². The van der Waals surface area contributed by atoms with Crippen LogP contribution in [0.2, 0.25) is 0 Å². The van der Waals surface area contributed by atoms with Crippen LogP contribution in [0, 0.1) is 0 Å². The Hall–Kier alpha value is -3.67.